The second-order valence-corrected chi connectivity index (χ2v) is 4.70. The smallest absolute Gasteiger partial charge is 0.336 e. The first-order chi connectivity index (χ1) is 7.39. The summed E-state index contributed by atoms with van der Waals surface area (Å²) in [4.78, 5) is 23.1. The van der Waals surface area contributed by atoms with Crippen molar-refractivity contribution in [3.05, 3.63) is 0 Å². The van der Waals surface area contributed by atoms with E-state index in [1.54, 1.807) is 13.8 Å². The fourth-order valence-corrected chi connectivity index (χ4v) is 1.88. The van der Waals surface area contributed by atoms with E-state index in [9.17, 15) is 9.59 Å². The number of carbonyl (C=O) groups excluding carboxylic acids is 2. The molecule has 0 aromatic rings. The average molecular weight is 228 g/mol. The Hall–Kier alpha value is -1.10. The molecule has 1 amide bonds. The summed E-state index contributed by atoms with van der Waals surface area (Å²) in [7, 11) is 0. The van der Waals surface area contributed by atoms with Gasteiger partial charge in [-0.25, -0.2) is 4.79 Å². The van der Waals surface area contributed by atoms with Crippen molar-refractivity contribution < 1.29 is 14.3 Å². The van der Waals surface area contributed by atoms with Crippen LogP contribution >= 0.6 is 0 Å². The predicted octanol–water partition coefficient (Wildman–Crippen LogP) is 0.311. The molecule has 4 N–H and O–H groups in total. The van der Waals surface area contributed by atoms with E-state index in [-0.39, 0.29) is 12.0 Å². The minimum atomic E-state index is -1.71. The number of amides is 1. The number of hydrogen-bond acceptors (Lipinski definition) is 4. The van der Waals surface area contributed by atoms with Crippen LogP contribution in [0, 0.1) is 5.92 Å². The Morgan fingerprint density at radius 1 is 1.31 bits per heavy atom. The molecule has 0 spiro atoms. The van der Waals surface area contributed by atoms with Crippen LogP contribution in [0.15, 0.2) is 0 Å². The van der Waals surface area contributed by atoms with Crippen LogP contribution in [0.4, 0.5) is 0 Å². The van der Waals surface area contributed by atoms with E-state index in [1.165, 1.54) is 0 Å². The Morgan fingerprint density at radius 3 is 2.19 bits per heavy atom. The van der Waals surface area contributed by atoms with Crippen LogP contribution in [-0.4, -0.2) is 23.5 Å². The molecule has 1 saturated carbocycles. The van der Waals surface area contributed by atoms with Crippen molar-refractivity contribution in [3.63, 3.8) is 0 Å². The van der Waals surface area contributed by atoms with Gasteiger partial charge in [0.1, 0.15) is 6.10 Å². The summed E-state index contributed by atoms with van der Waals surface area (Å²) >= 11 is 0. The van der Waals surface area contributed by atoms with E-state index < -0.39 is 17.4 Å². The van der Waals surface area contributed by atoms with Gasteiger partial charge >= 0.3 is 5.97 Å². The van der Waals surface area contributed by atoms with E-state index >= 15 is 0 Å². The Bertz CT molecular complexity index is 285. The van der Waals surface area contributed by atoms with Gasteiger partial charge in [0.25, 0.3) is 0 Å². The standard InChI is InChI=1S/C11H20N2O3/c1-7(2)11(13,9(12)14)10(15)16-8-5-3-4-6-8/h7-8H,3-6,13H2,1-2H3,(H2,12,14)/t11-/m0/s1. The summed E-state index contributed by atoms with van der Waals surface area (Å²) in [5, 5.41) is 0. The van der Waals surface area contributed by atoms with Crippen molar-refractivity contribution in [1.82, 2.24) is 0 Å². The molecular formula is C11H20N2O3. The summed E-state index contributed by atoms with van der Waals surface area (Å²) in [6.07, 6.45) is 3.69. The van der Waals surface area contributed by atoms with Crippen molar-refractivity contribution in [1.29, 1.82) is 0 Å². The zero-order chi connectivity index (χ0) is 12.3. The summed E-state index contributed by atoms with van der Waals surface area (Å²) in [6, 6.07) is 0. The van der Waals surface area contributed by atoms with Gasteiger partial charge in [-0.05, 0) is 31.6 Å². The molecule has 0 saturated heterocycles. The maximum absolute atomic E-state index is 11.9. The molecule has 1 atom stereocenters. The van der Waals surface area contributed by atoms with Crippen LogP contribution in [0.25, 0.3) is 0 Å². The molecule has 0 heterocycles. The fourth-order valence-electron chi connectivity index (χ4n) is 1.88. The third-order valence-corrected chi connectivity index (χ3v) is 3.23. The first-order valence-electron chi connectivity index (χ1n) is 5.69. The molecule has 0 radical (unpaired) electrons. The molecule has 16 heavy (non-hydrogen) atoms. The normalized spacial score (nSPS) is 20.8. The number of primary amides is 1. The van der Waals surface area contributed by atoms with Gasteiger partial charge < -0.3 is 16.2 Å². The Balaban J connectivity index is 2.71. The largest absolute Gasteiger partial charge is 0.461 e. The summed E-state index contributed by atoms with van der Waals surface area (Å²) in [6.45, 7) is 3.36. The van der Waals surface area contributed by atoms with Crippen molar-refractivity contribution in [3.8, 4) is 0 Å². The quantitative estimate of drug-likeness (QED) is 0.534. The molecule has 0 aromatic carbocycles. The molecule has 0 aromatic heterocycles. The van der Waals surface area contributed by atoms with E-state index in [2.05, 4.69) is 0 Å². The van der Waals surface area contributed by atoms with Gasteiger partial charge in [0, 0.05) is 0 Å². The predicted molar refractivity (Wildman–Crippen MR) is 59.3 cm³/mol. The minimum absolute atomic E-state index is 0.103. The zero-order valence-electron chi connectivity index (χ0n) is 9.86. The molecule has 92 valence electrons. The Kier molecular flexibility index (Phi) is 3.91. The van der Waals surface area contributed by atoms with Gasteiger partial charge in [0.2, 0.25) is 5.91 Å². The van der Waals surface area contributed by atoms with Crippen LogP contribution in [0.1, 0.15) is 39.5 Å². The van der Waals surface area contributed by atoms with Gasteiger partial charge in [0.15, 0.2) is 5.54 Å². The topological polar surface area (TPSA) is 95.4 Å². The van der Waals surface area contributed by atoms with Crippen molar-refractivity contribution in [2.24, 2.45) is 17.4 Å². The van der Waals surface area contributed by atoms with Gasteiger partial charge in [-0.3, -0.25) is 4.79 Å². The number of rotatable bonds is 4. The second-order valence-electron chi connectivity index (χ2n) is 4.70. The number of ether oxygens (including phenoxy) is 1. The molecule has 1 rings (SSSR count). The first-order valence-corrected chi connectivity index (χ1v) is 5.69. The highest BCUT2D eigenvalue weighted by Gasteiger charge is 2.46. The number of carbonyl (C=O) groups is 2. The highest BCUT2D eigenvalue weighted by atomic mass is 16.5. The minimum Gasteiger partial charge on any atom is -0.461 e. The van der Waals surface area contributed by atoms with Crippen molar-refractivity contribution >= 4 is 11.9 Å². The van der Waals surface area contributed by atoms with Gasteiger partial charge in [0.05, 0.1) is 0 Å². The van der Waals surface area contributed by atoms with Crippen LogP contribution in [0.5, 0.6) is 0 Å². The Morgan fingerprint density at radius 2 is 1.81 bits per heavy atom. The van der Waals surface area contributed by atoms with Crippen LogP contribution in [-0.2, 0) is 14.3 Å². The number of esters is 1. The van der Waals surface area contributed by atoms with Crippen LogP contribution < -0.4 is 11.5 Å². The molecule has 1 aliphatic rings. The SMILES string of the molecule is CC(C)[C@](N)(C(N)=O)C(=O)OC1CCCC1. The molecule has 1 aliphatic carbocycles. The zero-order valence-corrected chi connectivity index (χ0v) is 9.86. The van der Waals surface area contributed by atoms with Crippen LogP contribution in [0.2, 0.25) is 0 Å². The van der Waals surface area contributed by atoms with E-state index in [4.69, 9.17) is 16.2 Å². The molecule has 5 heteroatoms. The second kappa shape index (κ2) is 4.82. The summed E-state index contributed by atoms with van der Waals surface area (Å²) in [5.74, 6) is -1.90. The fraction of sp³-hybridized carbons (Fsp3) is 0.818. The number of nitrogens with two attached hydrogens (primary N) is 2. The maximum atomic E-state index is 11.9. The van der Waals surface area contributed by atoms with E-state index in [0.29, 0.717) is 0 Å². The number of hydrogen-bond donors (Lipinski definition) is 2. The lowest BCUT2D eigenvalue weighted by Crippen LogP contribution is -2.62. The van der Waals surface area contributed by atoms with Gasteiger partial charge in [-0.15, -0.1) is 0 Å². The highest BCUT2D eigenvalue weighted by molar-refractivity contribution is 6.06. The highest BCUT2D eigenvalue weighted by Crippen LogP contribution is 2.24. The van der Waals surface area contributed by atoms with Crippen molar-refractivity contribution in [2.75, 3.05) is 0 Å². The molecule has 0 bridgehead atoms. The third kappa shape index (κ3) is 2.35. The average Bonchev–Trinajstić information content (AvgIpc) is 2.68. The lowest BCUT2D eigenvalue weighted by Gasteiger charge is -2.28. The maximum Gasteiger partial charge on any atom is 0.336 e. The molecule has 0 aliphatic heterocycles. The molecule has 0 unspecified atom stereocenters. The van der Waals surface area contributed by atoms with Crippen molar-refractivity contribution in [2.45, 2.75) is 51.2 Å². The molecule has 5 nitrogen and oxygen atoms in total. The summed E-state index contributed by atoms with van der Waals surface area (Å²) in [5.41, 5.74) is 9.23. The molecular weight excluding hydrogens is 208 g/mol. The Labute approximate surface area is 95.5 Å². The summed E-state index contributed by atoms with van der Waals surface area (Å²) < 4.78 is 5.23. The lowest BCUT2D eigenvalue weighted by molar-refractivity contribution is -0.160. The van der Waals surface area contributed by atoms with E-state index in [1.807, 2.05) is 0 Å². The van der Waals surface area contributed by atoms with E-state index in [0.717, 1.165) is 25.7 Å². The lowest BCUT2D eigenvalue weighted by atomic mass is 9.87. The van der Waals surface area contributed by atoms with Gasteiger partial charge in [-0.2, -0.15) is 0 Å². The first kappa shape index (κ1) is 13.0. The third-order valence-electron chi connectivity index (χ3n) is 3.23. The monoisotopic (exact) mass is 228 g/mol. The molecule has 1 fully saturated rings. The van der Waals surface area contributed by atoms with Crippen LogP contribution in [0.3, 0.4) is 0 Å². The van der Waals surface area contributed by atoms with Gasteiger partial charge in [-0.1, -0.05) is 13.8 Å².